The van der Waals surface area contributed by atoms with E-state index in [-0.39, 0.29) is 18.7 Å². The maximum absolute atomic E-state index is 12.4. The summed E-state index contributed by atoms with van der Waals surface area (Å²) in [6.07, 6.45) is 6.59. The summed E-state index contributed by atoms with van der Waals surface area (Å²) in [5, 5.41) is 9.81. The molecule has 26 heavy (non-hydrogen) atoms. The quantitative estimate of drug-likeness (QED) is 0.912. The van der Waals surface area contributed by atoms with E-state index in [1.807, 2.05) is 18.2 Å². The highest BCUT2D eigenvalue weighted by molar-refractivity contribution is 5.94. The SMILES string of the molecule is O=C(c1ccoc1)N1CCC(Oc2ccc3c(c2)CCC3)(C(=O)O)CC1. The summed E-state index contributed by atoms with van der Waals surface area (Å²) in [7, 11) is 0. The van der Waals surface area contributed by atoms with Gasteiger partial charge >= 0.3 is 5.97 Å². The van der Waals surface area contributed by atoms with Crippen LogP contribution >= 0.6 is 0 Å². The second-order valence-electron chi connectivity index (χ2n) is 6.99. The van der Waals surface area contributed by atoms with Crippen LogP contribution in [0.15, 0.2) is 41.2 Å². The maximum Gasteiger partial charge on any atom is 0.348 e. The maximum atomic E-state index is 12.4. The van der Waals surface area contributed by atoms with Crippen LogP contribution in [0.5, 0.6) is 5.75 Å². The molecule has 2 heterocycles. The van der Waals surface area contributed by atoms with Crippen LogP contribution in [-0.2, 0) is 17.6 Å². The number of amides is 1. The molecule has 1 fully saturated rings. The molecule has 4 rings (SSSR count). The van der Waals surface area contributed by atoms with Crippen molar-refractivity contribution in [1.82, 2.24) is 4.90 Å². The Balaban J connectivity index is 1.48. The number of hydrogen-bond donors (Lipinski definition) is 1. The molecule has 2 aromatic rings. The summed E-state index contributed by atoms with van der Waals surface area (Å²) in [5.74, 6) is -0.522. The summed E-state index contributed by atoms with van der Waals surface area (Å²) in [6.45, 7) is 0.669. The number of furan rings is 1. The first-order valence-corrected chi connectivity index (χ1v) is 8.93. The number of carbonyl (C=O) groups excluding carboxylic acids is 1. The van der Waals surface area contributed by atoms with Gasteiger partial charge in [0.1, 0.15) is 12.0 Å². The fourth-order valence-corrected chi connectivity index (χ4v) is 3.84. The number of aliphatic carboxylic acids is 1. The molecule has 1 aromatic heterocycles. The molecule has 0 atom stereocenters. The van der Waals surface area contributed by atoms with E-state index in [9.17, 15) is 14.7 Å². The van der Waals surface area contributed by atoms with E-state index < -0.39 is 11.6 Å². The summed E-state index contributed by atoms with van der Waals surface area (Å²) < 4.78 is 10.9. The summed E-state index contributed by atoms with van der Waals surface area (Å²) in [6, 6.07) is 7.47. The molecule has 6 nitrogen and oxygen atoms in total. The number of carboxylic acids is 1. The highest BCUT2D eigenvalue weighted by Gasteiger charge is 2.45. The number of rotatable bonds is 4. The molecule has 1 aliphatic carbocycles. The fraction of sp³-hybridized carbons (Fsp3) is 0.400. The van der Waals surface area contributed by atoms with E-state index in [1.54, 1.807) is 11.0 Å². The van der Waals surface area contributed by atoms with Crippen molar-refractivity contribution in [3.8, 4) is 5.75 Å². The lowest BCUT2D eigenvalue weighted by molar-refractivity contribution is -0.159. The number of fused-ring (bicyclic) bond motifs is 1. The van der Waals surface area contributed by atoms with Gasteiger partial charge in [0.2, 0.25) is 5.60 Å². The van der Waals surface area contributed by atoms with E-state index >= 15 is 0 Å². The minimum absolute atomic E-state index is 0.143. The van der Waals surface area contributed by atoms with Gasteiger partial charge in [0.05, 0.1) is 11.8 Å². The molecule has 136 valence electrons. The molecule has 6 heteroatoms. The van der Waals surface area contributed by atoms with Crippen molar-refractivity contribution in [1.29, 1.82) is 0 Å². The molecule has 0 radical (unpaired) electrons. The van der Waals surface area contributed by atoms with Gasteiger partial charge < -0.3 is 19.2 Å². The first kappa shape index (κ1) is 16.7. The van der Waals surface area contributed by atoms with Crippen molar-refractivity contribution in [2.24, 2.45) is 0 Å². The third-order valence-electron chi connectivity index (χ3n) is 5.40. The van der Waals surface area contributed by atoms with Crippen molar-refractivity contribution >= 4 is 11.9 Å². The third-order valence-corrected chi connectivity index (χ3v) is 5.40. The Kier molecular flexibility index (Phi) is 4.18. The number of carboxylic acid groups (broad SMARTS) is 1. The molecule has 1 aliphatic heterocycles. The lowest BCUT2D eigenvalue weighted by Crippen LogP contribution is -2.54. The largest absolute Gasteiger partial charge is 0.478 e. The Labute approximate surface area is 151 Å². The Morgan fingerprint density at radius 3 is 2.58 bits per heavy atom. The second-order valence-corrected chi connectivity index (χ2v) is 6.99. The van der Waals surface area contributed by atoms with Gasteiger partial charge in [-0.05, 0) is 48.6 Å². The van der Waals surface area contributed by atoms with E-state index in [0.717, 1.165) is 19.3 Å². The topological polar surface area (TPSA) is 80.0 Å². The lowest BCUT2D eigenvalue weighted by Gasteiger charge is -2.38. The summed E-state index contributed by atoms with van der Waals surface area (Å²) >= 11 is 0. The lowest BCUT2D eigenvalue weighted by atomic mass is 9.90. The zero-order valence-electron chi connectivity index (χ0n) is 14.4. The average Bonchev–Trinajstić information content (AvgIpc) is 3.33. The second kappa shape index (κ2) is 6.52. The molecule has 2 aliphatic rings. The zero-order chi connectivity index (χ0) is 18.1. The van der Waals surface area contributed by atoms with Gasteiger partial charge in [0.25, 0.3) is 5.91 Å². The summed E-state index contributed by atoms with van der Waals surface area (Å²) in [4.78, 5) is 26.0. The molecule has 1 aromatic carbocycles. The van der Waals surface area contributed by atoms with Crippen LogP contribution < -0.4 is 4.74 Å². The van der Waals surface area contributed by atoms with E-state index in [2.05, 4.69) is 0 Å². The van der Waals surface area contributed by atoms with Crippen LogP contribution in [0.1, 0.15) is 40.7 Å². The predicted octanol–water partition coefficient (Wildman–Crippen LogP) is 2.91. The van der Waals surface area contributed by atoms with Crippen LogP contribution in [0.2, 0.25) is 0 Å². The van der Waals surface area contributed by atoms with Crippen molar-refractivity contribution in [2.45, 2.75) is 37.7 Å². The predicted molar refractivity (Wildman–Crippen MR) is 93.3 cm³/mol. The van der Waals surface area contributed by atoms with E-state index in [0.29, 0.717) is 24.4 Å². The van der Waals surface area contributed by atoms with E-state index in [1.165, 1.54) is 23.7 Å². The van der Waals surface area contributed by atoms with Crippen LogP contribution in [0.3, 0.4) is 0 Å². The number of likely N-dealkylation sites (tertiary alicyclic amines) is 1. The smallest absolute Gasteiger partial charge is 0.348 e. The van der Waals surface area contributed by atoms with Gasteiger partial charge in [-0.25, -0.2) is 4.79 Å². The van der Waals surface area contributed by atoms with Gasteiger partial charge in [0.15, 0.2) is 0 Å². The average molecular weight is 355 g/mol. The highest BCUT2D eigenvalue weighted by atomic mass is 16.5. The zero-order valence-corrected chi connectivity index (χ0v) is 14.4. The van der Waals surface area contributed by atoms with E-state index in [4.69, 9.17) is 9.15 Å². The number of piperidine rings is 1. The molecular weight excluding hydrogens is 334 g/mol. The van der Waals surface area contributed by atoms with Gasteiger partial charge in [-0.3, -0.25) is 4.79 Å². The summed E-state index contributed by atoms with van der Waals surface area (Å²) in [5.41, 5.74) is 1.75. The number of carbonyl (C=O) groups is 2. The van der Waals surface area contributed by atoms with Gasteiger partial charge in [-0.1, -0.05) is 6.07 Å². The minimum Gasteiger partial charge on any atom is -0.478 e. The normalized spacial score (nSPS) is 18.4. The number of hydrogen-bond acceptors (Lipinski definition) is 4. The third kappa shape index (κ3) is 2.96. The van der Waals surface area contributed by atoms with Crippen molar-refractivity contribution in [3.63, 3.8) is 0 Å². The van der Waals surface area contributed by atoms with Crippen molar-refractivity contribution in [2.75, 3.05) is 13.1 Å². The molecule has 1 amide bonds. The number of benzene rings is 1. The Bertz CT molecular complexity index is 819. The molecule has 0 spiro atoms. The minimum atomic E-state index is -1.29. The van der Waals surface area contributed by atoms with Crippen LogP contribution in [-0.4, -0.2) is 40.6 Å². The molecule has 1 saturated heterocycles. The fourth-order valence-electron chi connectivity index (χ4n) is 3.84. The van der Waals surface area contributed by atoms with Crippen molar-refractivity contribution < 1.29 is 23.8 Å². The van der Waals surface area contributed by atoms with Gasteiger partial charge in [-0.2, -0.15) is 0 Å². The number of aryl methyl sites for hydroxylation is 2. The first-order valence-electron chi connectivity index (χ1n) is 8.93. The Morgan fingerprint density at radius 2 is 1.88 bits per heavy atom. The highest BCUT2D eigenvalue weighted by Crippen LogP contribution is 2.33. The Morgan fingerprint density at radius 1 is 1.12 bits per heavy atom. The molecule has 0 saturated carbocycles. The van der Waals surface area contributed by atoms with Gasteiger partial charge in [-0.15, -0.1) is 0 Å². The molecule has 1 N–H and O–H groups in total. The molecule has 0 bridgehead atoms. The van der Waals surface area contributed by atoms with Gasteiger partial charge in [0, 0.05) is 25.9 Å². The number of ether oxygens (including phenoxy) is 1. The number of nitrogens with zero attached hydrogens (tertiary/aromatic N) is 1. The molecular formula is C20H21NO5. The monoisotopic (exact) mass is 355 g/mol. The first-order chi connectivity index (χ1) is 12.6. The Hall–Kier alpha value is -2.76. The van der Waals surface area contributed by atoms with Crippen LogP contribution in [0.25, 0.3) is 0 Å². The standard InChI is InChI=1S/C20H21NO5/c22-18(16-6-11-25-13-16)21-9-7-20(8-10-21,19(23)24)26-17-5-4-14-2-1-3-15(14)12-17/h4-6,11-13H,1-3,7-10H2,(H,23,24). The van der Waals surface area contributed by atoms with Crippen LogP contribution in [0, 0.1) is 0 Å². The molecule has 0 unspecified atom stereocenters. The van der Waals surface area contributed by atoms with Crippen LogP contribution in [0.4, 0.5) is 0 Å². The van der Waals surface area contributed by atoms with Crippen molar-refractivity contribution in [3.05, 3.63) is 53.5 Å².